The Labute approximate surface area is 91.7 Å². The molecule has 1 aromatic rings. The molecule has 0 fully saturated rings. The van der Waals surface area contributed by atoms with Gasteiger partial charge in [0.25, 0.3) is 5.91 Å². The van der Waals surface area contributed by atoms with Crippen molar-refractivity contribution >= 4 is 23.2 Å². The van der Waals surface area contributed by atoms with Crippen LogP contribution >= 0.6 is 11.6 Å². The Bertz CT molecular complexity index is 406. The van der Waals surface area contributed by atoms with E-state index in [-0.39, 0.29) is 17.8 Å². The van der Waals surface area contributed by atoms with Crippen LogP contribution in [0, 0.1) is 5.82 Å². The van der Waals surface area contributed by atoms with Gasteiger partial charge in [-0.15, -0.1) is 0 Å². The molecule has 15 heavy (non-hydrogen) atoms. The van der Waals surface area contributed by atoms with Crippen molar-refractivity contribution in [2.75, 3.05) is 12.3 Å². The highest BCUT2D eigenvalue weighted by atomic mass is 35.5. The predicted octanol–water partition coefficient (Wildman–Crippen LogP) is 1.89. The van der Waals surface area contributed by atoms with Crippen molar-refractivity contribution < 1.29 is 9.18 Å². The van der Waals surface area contributed by atoms with Gasteiger partial charge in [0.1, 0.15) is 5.82 Å². The molecule has 0 aliphatic carbocycles. The van der Waals surface area contributed by atoms with Crippen molar-refractivity contribution in [2.45, 2.75) is 0 Å². The fraction of sp³-hybridized carbons (Fsp3) is 0.100. The number of para-hydroxylation sites is 1. The van der Waals surface area contributed by atoms with Gasteiger partial charge in [-0.25, -0.2) is 4.39 Å². The SMILES string of the molecule is C=C(Cl)CNC(=O)c1cccc(F)c1N. The predicted molar refractivity (Wildman–Crippen MR) is 58.1 cm³/mol. The third kappa shape index (κ3) is 2.95. The molecule has 0 aliphatic heterocycles. The molecule has 0 unspecified atom stereocenters. The minimum Gasteiger partial charge on any atom is -0.396 e. The van der Waals surface area contributed by atoms with Crippen LogP contribution in [0.3, 0.4) is 0 Å². The van der Waals surface area contributed by atoms with Crippen molar-refractivity contribution in [3.63, 3.8) is 0 Å². The first-order chi connectivity index (χ1) is 7.02. The topological polar surface area (TPSA) is 55.1 Å². The maximum Gasteiger partial charge on any atom is 0.253 e. The molecule has 0 spiro atoms. The van der Waals surface area contributed by atoms with Crippen molar-refractivity contribution in [3.8, 4) is 0 Å². The average molecular weight is 229 g/mol. The van der Waals surface area contributed by atoms with E-state index in [2.05, 4.69) is 11.9 Å². The summed E-state index contributed by atoms with van der Waals surface area (Å²) >= 11 is 5.47. The normalized spacial score (nSPS) is 9.73. The van der Waals surface area contributed by atoms with E-state index in [9.17, 15) is 9.18 Å². The number of benzene rings is 1. The molecule has 0 aromatic heterocycles. The third-order valence-corrected chi connectivity index (χ3v) is 1.87. The number of nitrogens with one attached hydrogen (secondary N) is 1. The highest BCUT2D eigenvalue weighted by molar-refractivity contribution is 6.29. The first kappa shape index (κ1) is 11.5. The van der Waals surface area contributed by atoms with Crippen LogP contribution in [0.15, 0.2) is 29.8 Å². The van der Waals surface area contributed by atoms with Crippen molar-refractivity contribution in [1.82, 2.24) is 5.32 Å². The second-order valence-corrected chi connectivity index (χ2v) is 3.44. The zero-order valence-corrected chi connectivity index (χ0v) is 8.64. The Morgan fingerprint density at radius 3 is 2.87 bits per heavy atom. The summed E-state index contributed by atoms with van der Waals surface area (Å²) < 4.78 is 13.0. The summed E-state index contributed by atoms with van der Waals surface area (Å²) in [6.07, 6.45) is 0. The van der Waals surface area contributed by atoms with Crippen LogP contribution in [0.25, 0.3) is 0 Å². The molecule has 1 aromatic carbocycles. The van der Waals surface area contributed by atoms with Gasteiger partial charge in [-0.05, 0) is 12.1 Å². The molecular formula is C10H10ClFN2O. The average Bonchev–Trinajstić information content (AvgIpc) is 2.18. The van der Waals surface area contributed by atoms with Crippen LogP contribution < -0.4 is 11.1 Å². The van der Waals surface area contributed by atoms with Gasteiger partial charge in [-0.3, -0.25) is 4.79 Å². The quantitative estimate of drug-likeness (QED) is 0.777. The van der Waals surface area contributed by atoms with Gasteiger partial charge in [0.15, 0.2) is 0 Å². The second-order valence-electron chi connectivity index (χ2n) is 2.90. The molecular weight excluding hydrogens is 219 g/mol. The van der Waals surface area contributed by atoms with Gasteiger partial charge in [0, 0.05) is 5.03 Å². The zero-order chi connectivity index (χ0) is 11.4. The van der Waals surface area contributed by atoms with E-state index in [1.807, 2.05) is 0 Å². The summed E-state index contributed by atoms with van der Waals surface area (Å²) in [6, 6.07) is 4.04. The van der Waals surface area contributed by atoms with Crippen LogP contribution in [0.2, 0.25) is 0 Å². The summed E-state index contributed by atoms with van der Waals surface area (Å²) in [5.41, 5.74) is 5.32. The molecule has 0 heterocycles. The Kier molecular flexibility index (Phi) is 3.68. The van der Waals surface area contributed by atoms with Crippen LogP contribution in [0.1, 0.15) is 10.4 Å². The third-order valence-electron chi connectivity index (χ3n) is 1.74. The number of hydrogen-bond acceptors (Lipinski definition) is 2. The molecule has 5 heteroatoms. The van der Waals surface area contributed by atoms with Crippen molar-refractivity contribution in [2.24, 2.45) is 0 Å². The molecule has 0 saturated heterocycles. The number of nitrogens with two attached hydrogens (primary N) is 1. The van der Waals surface area contributed by atoms with Gasteiger partial charge in [-0.2, -0.15) is 0 Å². The monoisotopic (exact) mass is 228 g/mol. The molecule has 80 valence electrons. The minimum atomic E-state index is -0.618. The van der Waals surface area contributed by atoms with E-state index < -0.39 is 11.7 Å². The summed E-state index contributed by atoms with van der Waals surface area (Å²) in [6.45, 7) is 3.53. The summed E-state index contributed by atoms with van der Waals surface area (Å²) in [4.78, 5) is 11.5. The second kappa shape index (κ2) is 4.79. The van der Waals surface area contributed by atoms with Crippen LogP contribution in [0.5, 0.6) is 0 Å². The molecule has 0 bridgehead atoms. The lowest BCUT2D eigenvalue weighted by molar-refractivity contribution is 0.0958. The van der Waals surface area contributed by atoms with Gasteiger partial charge in [0.05, 0.1) is 17.8 Å². The number of rotatable bonds is 3. The maximum atomic E-state index is 13.0. The fourth-order valence-electron chi connectivity index (χ4n) is 1.01. The molecule has 0 aliphatic rings. The Morgan fingerprint density at radius 2 is 2.27 bits per heavy atom. The van der Waals surface area contributed by atoms with E-state index in [4.69, 9.17) is 17.3 Å². The maximum absolute atomic E-state index is 13.0. The molecule has 1 amide bonds. The summed E-state index contributed by atoms with van der Waals surface area (Å²) in [5, 5.41) is 2.74. The first-order valence-electron chi connectivity index (χ1n) is 4.18. The lowest BCUT2D eigenvalue weighted by Gasteiger charge is -2.06. The number of carbonyl (C=O) groups is 1. The number of halogens is 2. The number of carbonyl (C=O) groups excluding carboxylic acids is 1. The Hall–Kier alpha value is -1.55. The molecule has 3 N–H and O–H groups in total. The zero-order valence-electron chi connectivity index (χ0n) is 7.89. The van der Waals surface area contributed by atoms with Gasteiger partial charge >= 0.3 is 0 Å². The van der Waals surface area contributed by atoms with E-state index in [1.165, 1.54) is 18.2 Å². The smallest absolute Gasteiger partial charge is 0.253 e. The molecule has 1 rings (SSSR count). The summed E-state index contributed by atoms with van der Waals surface area (Å²) in [5.74, 6) is -1.10. The van der Waals surface area contributed by atoms with Gasteiger partial charge in [-0.1, -0.05) is 24.2 Å². The highest BCUT2D eigenvalue weighted by Gasteiger charge is 2.11. The van der Waals surface area contributed by atoms with Gasteiger partial charge in [0.2, 0.25) is 0 Å². The number of hydrogen-bond donors (Lipinski definition) is 2. The van der Waals surface area contributed by atoms with Crippen LogP contribution in [0.4, 0.5) is 10.1 Å². The molecule has 0 radical (unpaired) electrons. The van der Waals surface area contributed by atoms with Crippen LogP contribution in [-0.2, 0) is 0 Å². The number of amides is 1. The lowest BCUT2D eigenvalue weighted by atomic mass is 10.1. The standard InChI is InChI=1S/C10H10ClFN2O/c1-6(11)5-14-10(15)7-3-2-4-8(12)9(7)13/h2-4H,1,5,13H2,(H,14,15). The molecule has 0 atom stereocenters. The Morgan fingerprint density at radius 1 is 1.60 bits per heavy atom. The molecule has 0 saturated carbocycles. The lowest BCUT2D eigenvalue weighted by Crippen LogP contribution is -2.25. The van der Waals surface area contributed by atoms with Crippen molar-refractivity contribution in [1.29, 1.82) is 0 Å². The Balaban J connectivity index is 2.82. The van der Waals surface area contributed by atoms with E-state index >= 15 is 0 Å². The molecule has 3 nitrogen and oxygen atoms in total. The van der Waals surface area contributed by atoms with E-state index in [1.54, 1.807) is 0 Å². The summed E-state index contributed by atoms with van der Waals surface area (Å²) in [7, 11) is 0. The largest absolute Gasteiger partial charge is 0.396 e. The number of nitrogen functional groups attached to an aromatic ring is 1. The van der Waals surface area contributed by atoms with E-state index in [0.717, 1.165) is 0 Å². The van der Waals surface area contributed by atoms with Gasteiger partial charge < -0.3 is 11.1 Å². The highest BCUT2D eigenvalue weighted by Crippen LogP contribution is 2.15. The van der Waals surface area contributed by atoms with E-state index in [0.29, 0.717) is 5.03 Å². The van der Waals surface area contributed by atoms with Crippen molar-refractivity contribution in [3.05, 3.63) is 41.2 Å². The fourth-order valence-corrected chi connectivity index (χ4v) is 1.07. The van der Waals surface area contributed by atoms with Crippen LogP contribution in [-0.4, -0.2) is 12.5 Å². The first-order valence-corrected chi connectivity index (χ1v) is 4.55. The minimum absolute atomic E-state index is 0.0907. The number of anilines is 1.